The Kier molecular flexibility index (Phi) is 52.6. The van der Waals surface area contributed by atoms with Crippen LogP contribution in [0.4, 0.5) is 0 Å². The van der Waals surface area contributed by atoms with Gasteiger partial charge in [0, 0.05) is 6.42 Å². The van der Waals surface area contributed by atoms with Gasteiger partial charge < -0.3 is 65.1 Å². The number of rotatable bonds is 58. The molecule has 14 nitrogen and oxygen atoms in total. The number of aliphatic hydroxyl groups excluding tert-OH is 8. The van der Waals surface area contributed by atoms with Gasteiger partial charge in [-0.15, -0.1) is 0 Å². The third kappa shape index (κ3) is 40.4. The van der Waals surface area contributed by atoms with Gasteiger partial charge in [-0.2, -0.15) is 0 Å². The highest BCUT2D eigenvalue weighted by molar-refractivity contribution is 5.76. The van der Waals surface area contributed by atoms with Crippen LogP contribution in [0.15, 0.2) is 60.8 Å². The summed E-state index contributed by atoms with van der Waals surface area (Å²) < 4.78 is 22.9. The van der Waals surface area contributed by atoms with Gasteiger partial charge in [0.25, 0.3) is 0 Å². The monoisotopic (exact) mass is 1220 g/mol. The van der Waals surface area contributed by atoms with E-state index in [0.717, 1.165) is 64.2 Å². The minimum atomic E-state index is -1.79. The van der Waals surface area contributed by atoms with Gasteiger partial charge in [-0.1, -0.05) is 293 Å². The normalized spacial score (nSPS) is 23.7. The fourth-order valence-electron chi connectivity index (χ4n) is 11.6. The minimum Gasteiger partial charge on any atom is -0.394 e. The fraction of sp³-hybridized carbons (Fsp3) is 0.847. The van der Waals surface area contributed by atoms with Crippen molar-refractivity contribution in [2.45, 2.75) is 370 Å². The van der Waals surface area contributed by atoms with Gasteiger partial charge >= 0.3 is 0 Å². The molecule has 0 radical (unpaired) electrons. The van der Waals surface area contributed by atoms with E-state index in [2.05, 4.69) is 67.8 Å². The van der Waals surface area contributed by atoms with Gasteiger partial charge in [0.15, 0.2) is 12.6 Å². The smallest absolute Gasteiger partial charge is 0.220 e. The number of carbonyl (C=O) groups is 1. The Labute approximate surface area is 524 Å². The second-order valence-corrected chi connectivity index (χ2v) is 25.0. The Hall–Kier alpha value is -2.31. The summed E-state index contributed by atoms with van der Waals surface area (Å²) in [5.74, 6) is -0.237. The highest BCUT2D eigenvalue weighted by atomic mass is 16.7. The zero-order valence-corrected chi connectivity index (χ0v) is 54.6. The number of carbonyl (C=O) groups excluding carboxylic acids is 1. The average molecular weight is 1220 g/mol. The van der Waals surface area contributed by atoms with Crippen LogP contribution in [0.25, 0.3) is 0 Å². The van der Waals surface area contributed by atoms with E-state index >= 15 is 0 Å². The van der Waals surface area contributed by atoms with Crippen LogP contribution < -0.4 is 5.32 Å². The Balaban J connectivity index is 1.67. The Morgan fingerprint density at radius 2 is 0.802 bits per heavy atom. The first-order valence-electron chi connectivity index (χ1n) is 35.5. The summed E-state index contributed by atoms with van der Waals surface area (Å²) in [6, 6.07) is -0.917. The molecule has 86 heavy (non-hydrogen) atoms. The molecule has 9 N–H and O–H groups in total. The molecule has 0 aromatic heterocycles. The number of amides is 1. The maximum Gasteiger partial charge on any atom is 0.220 e. The molecule has 12 atom stereocenters. The van der Waals surface area contributed by atoms with E-state index in [1.54, 1.807) is 6.08 Å². The molecule has 2 aliphatic heterocycles. The second-order valence-electron chi connectivity index (χ2n) is 25.0. The molecule has 502 valence electrons. The first-order chi connectivity index (χ1) is 42.1. The SMILES string of the molecule is CC/C=C\C/C=C\C/C=C\C/C=C\CCCCCCCCCCCCCCCCCCC(=O)NC(COC1OC(CO)C(OC2OC(CO)C(O)C(O)C2O)C(O)C1O)C(O)/C=C/CCCCCCCCCCCCCCCCCCCCCCC. The number of unbranched alkanes of at least 4 members (excludes halogenated alkanes) is 37. The highest BCUT2D eigenvalue weighted by Crippen LogP contribution is 2.30. The number of hydrogen-bond acceptors (Lipinski definition) is 13. The zero-order valence-electron chi connectivity index (χ0n) is 54.6. The van der Waals surface area contributed by atoms with E-state index < -0.39 is 86.8 Å². The van der Waals surface area contributed by atoms with E-state index in [9.17, 15) is 45.6 Å². The molecule has 14 heteroatoms. The van der Waals surface area contributed by atoms with E-state index in [0.29, 0.717) is 6.42 Å². The van der Waals surface area contributed by atoms with Crippen molar-refractivity contribution in [1.82, 2.24) is 5.32 Å². The van der Waals surface area contributed by atoms with Crippen molar-refractivity contribution in [2.75, 3.05) is 19.8 Å². The average Bonchev–Trinajstić information content (AvgIpc) is 2.53. The lowest BCUT2D eigenvalue weighted by molar-refractivity contribution is -0.359. The summed E-state index contributed by atoms with van der Waals surface area (Å²) in [4.78, 5) is 13.3. The van der Waals surface area contributed by atoms with E-state index in [1.165, 1.54) is 205 Å². The highest BCUT2D eigenvalue weighted by Gasteiger charge is 2.51. The predicted octanol–water partition coefficient (Wildman–Crippen LogP) is 14.5. The molecule has 0 aromatic rings. The van der Waals surface area contributed by atoms with Crippen LogP contribution in [0, 0.1) is 0 Å². The number of ether oxygens (including phenoxy) is 4. The lowest BCUT2D eigenvalue weighted by Gasteiger charge is -2.46. The molecule has 2 aliphatic rings. The first-order valence-corrected chi connectivity index (χ1v) is 35.5. The van der Waals surface area contributed by atoms with E-state index in [1.807, 2.05) is 6.08 Å². The Morgan fingerprint density at radius 3 is 1.23 bits per heavy atom. The molecule has 2 rings (SSSR count). The van der Waals surface area contributed by atoms with Crippen molar-refractivity contribution < 1.29 is 64.6 Å². The molecular formula is C72H131NO13. The van der Waals surface area contributed by atoms with Gasteiger partial charge in [0.1, 0.15) is 48.8 Å². The van der Waals surface area contributed by atoms with Crippen LogP contribution in [0.2, 0.25) is 0 Å². The molecule has 0 spiro atoms. The Morgan fingerprint density at radius 1 is 0.430 bits per heavy atom. The summed E-state index contributed by atoms with van der Waals surface area (Å²) >= 11 is 0. The fourth-order valence-corrected chi connectivity index (χ4v) is 11.6. The molecule has 2 saturated heterocycles. The van der Waals surface area contributed by atoms with Crippen molar-refractivity contribution in [1.29, 1.82) is 0 Å². The van der Waals surface area contributed by atoms with Gasteiger partial charge in [-0.3, -0.25) is 4.79 Å². The molecular weight excluding hydrogens is 1090 g/mol. The molecule has 2 heterocycles. The largest absolute Gasteiger partial charge is 0.394 e. The molecule has 1 amide bonds. The van der Waals surface area contributed by atoms with Crippen molar-refractivity contribution in [3.8, 4) is 0 Å². The van der Waals surface area contributed by atoms with E-state index in [4.69, 9.17) is 18.9 Å². The van der Waals surface area contributed by atoms with Gasteiger partial charge in [0.05, 0.1) is 32.0 Å². The molecule has 0 bridgehead atoms. The molecule has 0 aromatic carbocycles. The summed E-state index contributed by atoms with van der Waals surface area (Å²) in [6.07, 6.45) is 58.4. The van der Waals surface area contributed by atoms with Gasteiger partial charge in [-0.25, -0.2) is 0 Å². The van der Waals surface area contributed by atoms with Crippen molar-refractivity contribution in [3.63, 3.8) is 0 Å². The third-order valence-electron chi connectivity index (χ3n) is 17.2. The van der Waals surface area contributed by atoms with Gasteiger partial charge in [0.2, 0.25) is 5.91 Å². The molecule has 12 unspecified atom stereocenters. The van der Waals surface area contributed by atoms with Crippen LogP contribution in [0.1, 0.15) is 296 Å². The summed E-state index contributed by atoms with van der Waals surface area (Å²) in [6.45, 7) is 2.73. The van der Waals surface area contributed by atoms with Crippen molar-refractivity contribution >= 4 is 5.91 Å². The van der Waals surface area contributed by atoms with Gasteiger partial charge in [-0.05, 0) is 57.8 Å². The number of nitrogens with one attached hydrogen (secondary N) is 1. The minimum absolute atomic E-state index is 0.237. The number of hydrogen-bond donors (Lipinski definition) is 9. The van der Waals surface area contributed by atoms with Crippen LogP contribution in [-0.4, -0.2) is 140 Å². The van der Waals surface area contributed by atoms with Crippen molar-refractivity contribution in [2.24, 2.45) is 0 Å². The summed E-state index contributed by atoms with van der Waals surface area (Å²) in [5.41, 5.74) is 0. The lowest BCUT2D eigenvalue weighted by atomic mass is 9.97. The Bertz CT molecular complexity index is 1670. The maximum atomic E-state index is 13.3. The predicted molar refractivity (Wildman–Crippen MR) is 350 cm³/mol. The lowest BCUT2D eigenvalue weighted by Crippen LogP contribution is -2.65. The molecule has 0 saturated carbocycles. The summed E-state index contributed by atoms with van der Waals surface area (Å²) in [7, 11) is 0. The second kappa shape index (κ2) is 56.7. The quantitative estimate of drug-likeness (QED) is 0.0204. The first kappa shape index (κ1) is 79.8. The van der Waals surface area contributed by atoms with Crippen LogP contribution >= 0.6 is 0 Å². The van der Waals surface area contributed by atoms with Crippen LogP contribution in [0.5, 0.6) is 0 Å². The molecule has 0 aliphatic carbocycles. The number of aliphatic hydroxyl groups is 8. The summed E-state index contributed by atoms with van der Waals surface area (Å²) in [5, 5.41) is 87.5. The zero-order chi connectivity index (χ0) is 62.3. The van der Waals surface area contributed by atoms with Crippen LogP contribution in [-0.2, 0) is 23.7 Å². The maximum absolute atomic E-state index is 13.3. The molecule has 2 fully saturated rings. The standard InChI is InChI=1S/C72H131NO13/c1-3-5-7-9-11-13-15-17-19-21-23-25-27-28-29-30-31-32-34-36-38-40-42-44-46-48-50-52-54-56-64(77)73-60(59-83-71-69(82)67(80)70(63(58-75)85-71)86-72-68(81)66(79)65(78)62(57-74)84-72)61(76)55-53-51-49-47-45-43-41-39-37-35-33-26-24-22-20-18-16-14-12-10-8-6-4-2/h5,7,11,13,17,19,23,25,53,55,60-63,65-72,74-76,78-82H,3-4,6,8-10,12,14-16,18,20-22,24,26-52,54,56-59H2,1-2H3,(H,73,77)/b7-5-,13-11-,19-17-,25-23-,55-53+. The number of allylic oxidation sites excluding steroid dienone is 9. The third-order valence-corrected chi connectivity index (χ3v) is 17.2. The van der Waals surface area contributed by atoms with Crippen molar-refractivity contribution in [3.05, 3.63) is 60.8 Å². The van der Waals surface area contributed by atoms with Crippen LogP contribution in [0.3, 0.4) is 0 Å². The van der Waals surface area contributed by atoms with E-state index in [-0.39, 0.29) is 18.9 Å². The topological polar surface area (TPSA) is 228 Å².